The lowest BCUT2D eigenvalue weighted by molar-refractivity contribution is 0.103. The van der Waals surface area contributed by atoms with Crippen molar-refractivity contribution in [1.29, 1.82) is 0 Å². The fraction of sp³-hybridized carbons (Fsp3) is 0.684. The average molecular weight is 391 g/mol. The molecule has 1 saturated heterocycles. The van der Waals surface area contributed by atoms with Crippen LogP contribution in [0.5, 0.6) is 5.75 Å². The van der Waals surface area contributed by atoms with E-state index in [2.05, 4.69) is 10.2 Å². The Morgan fingerprint density at radius 1 is 1.24 bits per heavy atom. The van der Waals surface area contributed by atoms with E-state index in [-0.39, 0.29) is 30.0 Å². The molecule has 0 bridgehead atoms. The smallest absolute Gasteiger partial charge is 0.173 e. The number of benzene rings is 1. The highest BCUT2D eigenvalue weighted by Crippen LogP contribution is 2.41. The molecule has 3 nitrogen and oxygen atoms in total. The second kappa shape index (κ2) is 9.96. The summed E-state index contributed by atoms with van der Waals surface area (Å²) in [6, 6.07) is 3.84. The number of hydrogen-bond acceptors (Lipinski definition) is 3. The molecule has 2 aliphatic rings. The molecule has 0 amide bonds. The quantitative estimate of drug-likeness (QED) is 0.779. The normalized spacial score (nSPS) is 20.8. The van der Waals surface area contributed by atoms with Crippen LogP contribution in [0.1, 0.15) is 50.6 Å². The molecule has 6 heteroatoms. The standard InChI is InChI=1S/C19H28ClFN2O.ClH/c1-2-24-19-16(20)12-15(13-17(19)21)18(14-6-4-3-5-7-14)23-10-8-22-9-11-23;/h12-14,18,22H,2-11H2,1H3;1H/t18-;/m0./s1. The second-order valence-corrected chi connectivity index (χ2v) is 7.28. The van der Waals surface area contributed by atoms with E-state index >= 15 is 0 Å². The number of piperazine rings is 1. The van der Waals surface area contributed by atoms with Crippen molar-refractivity contribution in [3.63, 3.8) is 0 Å². The minimum atomic E-state index is -0.338. The van der Waals surface area contributed by atoms with Gasteiger partial charge in [-0.15, -0.1) is 12.4 Å². The molecular formula is C19H29Cl2FN2O. The molecule has 1 aromatic rings. The summed E-state index contributed by atoms with van der Waals surface area (Å²) in [4.78, 5) is 2.51. The zero-order valence-corrected chi connectivity index (χ0v) is 16.5. The first-order valence-corrected chi connectivity index (χ1v) is 9.65. The van der Waals surface area contributed by atoms with Crippen LogP contribution in [0.4, 0.5) is 4.39 Å². The Morgan fingerprint density at radius 3 is 2.52 bits per heavy atom. The van der Waals surface area contributed by atoms with Crippen molar-refractivity contribution in [3.05, 3.63) is 28.5 Å². The summed E-state index contributed by atoms with van der Waals surface area (Å²) in [7, 11) is 0. The van der Waals surface area contributed by atoms with Gasteiger partial charge in [-0.05, 0) is 43.4 Å². The monoisotopic (exact) mass is 390 g/mol. The zero-order chi connectivity index (χ0) is 16.9. The molecule has 0 aromatic heterocycles. The van der Waals surface area contributed by atoms with E-state index in [1.165, 1.54) is 32.1 Å². The van der Waals surface area contributed by atoms with Gasteiger partial charge >= 0.3 is 0 Å². The van der Waals surface area contributed by atoms with Gasteiger partial charge in [-0.3, -0.25) is 4.90 Å². The summed E-state index contributed by atoms with van der Waals surface area (Å²) in [5.41, 5.74) is 1.01. The third-order valence-electron chi connectivity index (χ3n) is 5.29. The van der Waals surface area contributed by atoms with Crippen molar-refractivity contribution in [2.45, 2.75) is 45.1 Å². The highest BCUT2D eigenvalue weighted by molar-refractivity contribution is 6.32. The van der Waals surface area contributed by atoms with Crippen LogP contribution in [0.2, 0.25) is 5.02 Å². The number of hydrogen-bond donors (Lipinski definition) is 1. The van der Waals surface area contributed by atoms with E-state index in [0.717, 1.165) is 31.7 Å². The lowest BCUT2D eigenvalue weighted by atomic mass is 9.80. The molecule has 1 heterocycles. The summed E-state index contributed by atoms with van der Waals surface area (Å²) in [6.07, 6.45) is 6.33. The Kier molecular flexibility index (Phi) is 8.27. The van der Waals surface area contributed by atoms with Gasteiger partial charge in [-0.2, -0.15) is 0 Å². The van der Waals surface area contributed by atoms with Gasteiger partial charge in [-0.1, -0.05) is 30.9 Å². The summed E-state index contributed by atoms with van der Waals surface area (Å²) >= 11 is 6.34. The molecule has 2 fully saturated rings. The lowest BCUT2D eigenvalue weighted by Crippen LogP contribution is -2.47. The number of ether oxygens (including phenoxy) is 1. The molecule has 142 valence electrons. The molecule has 1 N–H and O–H groups in total. The van der Waals surface area contributed by atoms with Crippen molar-refractivity contribution in [3.8, 4) is 5.75 Å². The van der Waals surface area contributed by atoms with Crippen LogP contribution in [-0.4, -0.2) is 37.7 Å². The second-order valence-electron chi connectivity index (χ2n) is 6.88. The SMILES string of the molecule is CCOc1c(F)cc([C@H](C2CCCCC2)N2CCNCC2)cc1Cl.Cl. The molecular weight excluding hydrogens is 362 g/mol. The number of halogens is 3. The molecule has 1 aliphatic carbocycles. The molecule has 0 spiro atoms. The van der Waals surface area contributed by atoms with Gasteiger partial charge in [0.2, 0.25) is 0 Å². The van der Waals surface area contributed by atoms with Crippen LogP contribution in [0.25, 0.3) is 0 Å². The fourth-order valence-corrected chi connectivity index (χ4v) is 4.49. The fourth-order valence-electron chi connectivity index (χ4n) is 4.22. The van der Waals surface area contributed by atoms with Crippen LogP contribution < -0.4 is 10.1 Å². The Balaban J connectivity index is 0.00000225. The minimum absolute atomic E-state index is 0. The molecule has 1 saturated carbocycles. The van der Waals surface area contributed by atoms with Gasteiger partial charge in [0.1, 0.15) is 0 Å². The van der Waals surface area contributed by atoms with Gasteiger partial charge in [0, 0.05) is 32.2 Å². The first-order chi connectivity index (χ1) is 11.7. The van der Waals surface area contributed by atoms with Gasteiger partial charge in [0.15, 0.2) is 11.6 Å². The van der Waals surface area contributed by atoms with Crippen LogP contribution in [0.3, 0.4) is 0 Å². The molecule has 3 rings (SSSR count). The number of rotatable bonds is 5. The molecule has 0 unspecified atom stereocenters. The maximum absolute atomic E-state index is 14.6. The first kappa shape index (κ1) is 20.8. The van der Waals surface area contributed by atoms with E-state index in [9.17, 15) is 4.39 Å². The van der Waals surface area contributed by atoms with Gasteiger partial charge in [-0.25, -0.2) is 4.39 Å². The predicted octanol–water partition coefficient (Wildman–Crippen LogP) is 4.83. The van der Waals surface area contributed by atoms with E-state index in [4.69, 9.17) is 16.3 Å². The van der Waals surface area contributed by atoms with Gasteiger partial charge in [0.25, 0.3) is 0 Å². The highest BCUT2D eigenvalue weighted by Gasteiger charge is 2.32. The molecule has 1 aliphatic heterocycles. The van der Waals surface area contributed by atoms with Gasteiger partial charge < -0.3 is 10.1 Å². The topological polar surface area (TPSA) is 24.5 Å². The van der Waals surface area contributed by atoms with E-state index in [0.29, 0.717) is 17.5 Å². The van der Waals surface area contributed by atoms with Gasteiger partial charge in [0.05, 0.1) is 11.6 Å². The van der Waals surface area contributed by atoms with Crippen molar-refractivity contribution in [2.24, 2.45) is 5.92 Å². The Bertz CT molecular complexity index is 505. The van der Waals surface area contributed by atoms with Crippen LogP contribution >= 0.6 is 24.0 Å². The highest BCUT2D eigenvalue weighted by atomic mass is 35.5. The Labute approximate surface area is 161 Å². The van der Waals surface area contributed by atoms with E-state index < -0.39 is 0 Å². The predicted molar refractivity (Wildman–Crippen MR) is 104 cm³/mol. The van der Waals surface area contributed by atoms with Crippen LogP contribution in [0, 0.1) is 11.7 Å². The zero-order valence-electron chi connectivity index (χ0n) is 14.9. The summed E-state index contributed by atoms with van der Waals surface area (Å²) in [5, 5.41) is 3.80. The van der Waals surface area contributed by atoms with Crippen molar-refractivity contribution in [1.82, 2.24) is 10.2 Å². The summed E-state index contributed by atoms with van der Waals surface area (Å²) in [6.45, 7) is 6.27. The summed E-state index contributed by atoms with van der Waals surface area (Å²) in [5.74, 6) is 0.436. The van der Waals surface area contributed by atoms with E-state index in [1.54, 1.807) is 6.07 Å². The Hall–Kier alpha value is -0.550. The third kappa shape index (κ3) is 5.00. The average Bonchev–Trinajstić information content (AvgIpc) is 2.60. The molecule has 25 heavy (non-hydrogen) atoms. The van der Waals surface area contributed by atoms with Crippen LogP contribution in [0.15, 0.2) is 12.1 Å². The van der Waals surface area contributed by atoms with Crippen LogP contribution in [-0.2, 0) is 0 Å². The third-order valence-corrected chi connectivity index (χ3v) is 5.57. The maximum atomic E-state index is 14.6. The molecule has 1 aromatic carbocycles. The lowest BCUT2D eigenvalue weighted by Gasteiger charge is -2.41. The van der Waals surface area contributed by atoms with Crippen molar-refractivity contribution >= 4 is 24.0 Å². The summed E-state index contributed by atoms with van der Waals surface area (Å²) < 4.78 is 19.9. The van der Waals surface area contributed by atoms with Crippen molar-refractivity contribution < 1.29 is 9.13 Å². The largest absolute Gasteiger partial charge is 0.489 e. The molecule has 0 radical (unpaired) electrons. The number of nitrogens with zero attached hydrogens (tertiary/aromatic N) is 1. The van der Waals surface area contributed by atoms with E-state index in [1.807, 2.05) is 13.0 Å². The minimum Gasteiger partial charge on any atom is -0.489 e. The number of nitrogens with one attached hydrogen (secondary N) is 1. The van der Waals surface area contributed by atoms with Crippen molar-refractivity contribution in [2.75, 3.05) is 32.8 Å². The maximum Gasteiger partial charge on any atom is 0.173 e. The Morgan fingerprint density at radius 2 is 1.92 bits per heavy atom. The molecule has 1 atom stereocenters. The first-order valence-electron chi connectivity index (χ1n) is 9.27.